The third kappa shape index (κ3) is 6.00. The second kappa shape index (κ2) is 9.35. The summed E-state index contributed by atoms with van der Waals surface area (Å²) in [7, 11) is 0. The molecule has 0 saturated heterocycles. The molecule has 2 rings (SSSR count). The van der Waals surface area contributed by atoms with E-state index >= 15 is 0 Å². The van der Waals surface area contributed by atoms with E-state index in [4.69, 9.17) is 4.74 Å². The highest BCUT2D eigenvalue weighted by Crippen LogP contribution is 2.15. The van der Waals surface area contributed by atoms with Crippen molar-refractivity contribution in [2.45, 2.75) is 39.3 Å². The summed E-state index contributed by atoms with van der Waals surface area (Å²) in [6.07, 6.45) is 0.427. The van der Waals surface area contributed by atoms with E-state index in [1.54, 1.807) is 24.3 Å². The molecular formula is C21H27NO3. The van der Waals surface area contributed by atoms with Crippen molar-refractivity contribution in [3.05, 3.63) is 65.2 Å². The highest BCUT2D eigenvalue weighted by atomic mass is 16.5. The summed E-state index contributed by atoms with van der Waals surface area (Å²) in [5.74, 6) is 0.670. The number of hydrogen-bond donors (Lipinski definition) is 2. The fraction of sp³-hybridized carbons (Fsp3) is 0.381. The zero-order chi connectivity index (χ0) is 18.2. The Labute approximate surface area is 149 Å². The van der Waals surface area contributed by atoms with Gasteiger partial charge in [0, 0.05) is 18.2 Å². The molecule has 0 fully saturated rings. The molecule has 2 unspecified atom stereocenters. The van der Waals surface area contributed by atoms with Crippen LogP contribution in [0.4, 0.5) is 0 Å². The number of nitrogens with one attached hydrogen (secondary N) is 1. The van der Waals surface area contributed by atoms with Crippen molar-refractivity contribution in [3.8, 4) is 5.75 Å². The molecule has 0 aliphatic carbocycles. The van der Waals surface area contributed by atoms with E-state index in [-0.39, 0.29) is 18.4 Å². The van der Waals surface area contributed by atoms with Crippen LogP contribution in [-0.2, 0) is 6.42 Å². The van der Waals surface area contributed by atoms with E-state index in [0.29, 0.717) is 17.9 Å². The van der Waals surface area contributed by atoms with Crippen molar-refractivity contribution in [2.75, 3.05) is 13.2 Å². The number of carbonyl (C=O) groups is 1. The van der Waals surface area contributed by atoms with E-state index in [0.717, 1.165) is 6.42 Å². The average Bonchev–Trinajstić information content (AvgIpc) is 2.64. The molecule has 0 aliphatic heterocycles. The van der Waals surface area contributed by atoms with E-state index in [1.807, 2.05) is 0 Å². The molecule has 4 nitrogen and oxygen atoms in total. The molecule has 0 spiro atoms. The summed E-state index contributed by atoms with van der Waals surface area (Å²) in [5.41, 5.74) is 3.17. The van der Waals surface area contributed by atoms with Crippen molar-refractivity contribution in [1.82, 2.24) is 5.32 Å². The molecule has 0 saturated carbocycles. The van der Waals surface area contributed by atoms with E-state index < -0.39 is 6.10 Å². The molecule has 4 heteroatoms. The molecular weight excluding hydrogens is 314 g/mol. The largest absolute Gasteiger partial charge is 0.491 e. The molecule has 134 valence electrons. The van der Waals surface area contributed by atoms with Crippen LogP contribution in [0.25, 0.3) is 0 Å². The standard InChI is InChI=1S/C21H27NO3/c1-4-17-5-7-18(8-6-17)15(2)22-13-20(24)14-25-21-11-9-19(10-12-21)16(3)23/h5-12,15,20,22,24H,4,13-14H2,1-3H3. The van der Waals surface area contributed by atoms with E-state index in [9.17, 15) is 9.90 Å². The number of rotatable bonds is 9. The van der Waals surface area contributed by atoms with Gasteiger partial charge >= 0.3 is 0 Å². The summed E-state index contributed by atoms with van der Waals surface area (Å²) >= 11 is 0. The SMILES string of the molecule is CCc1ccc(C(C)NCC(O)COc2ccc(C(C)=O)cc2)cc1. The Kier molecular flexibility index (Phi) is 7.16. The number of benzene rings is 2. The number of aliphatic hydroxyl groups is 1. The smallest absolute Gasteiger partial charge is 0.159 e. The minimum absolute atomic E-state index is 0.0248. The van der Waals surface area contributed by atoms with Crippen molar-refractivity contribution in [3.63, 3.8) is 0 Å². The second-order valence-electron chi connectivity index (χ2n) is 6.27. The van der Waals surface area contributed by atoms with Crippen molar-refractivity contribution in [2.24, 2.45) is 0 Å². The minimum atomic E-state index is -0.607. The molecule has 2 aromatic carbocycles. The topological polar surface area (TPSA) is 58.6 Å². The Bertz CT molecular complexity index is 665. The predicted molar refractivity (Wildman–Crippen MR) is 100 cm³/mol. The lowest BCUT2D eigenvalue weighted by molar-refractivity contribution is 0.101. The normalized spacial score (nSPS) is 13.3. The van der Waals surface area contributed by atoms with Gasteiger partial charge in [-0.3, -0.25) is 4.79 Å². The van der Waals surface area contributed by atoms with Gasteiger partial charge in [0.05, 0.1) is 0 Å². The van der Waals surface area contributed by atoms with Gasteiger partial charge in [0.1, 0.15) is 18.5 Å². The molecule has 0 radical (unpaired) electrons. The van der Waals surface area contributed by atoms with Gasteiger partial charge in [0.15, 0.2) is 5.78 Å². The van der Waals surface area contributed by atoms with Crippen LogP contribution in [0.5, 0.6) is 5.75 Å². The Morgan fingerprint density at radius 3 is 2.32 bits per heavy atom. The highest BCUT2D eigenvalue weighted by molar-refractivity contribution is 5.94. The number of aliphatic hydroxyl groups excluding tert-OH is 1. The Hall–Kier alpha value is -2.17. The molecule has 0 aliphatic rings. The highest BCUT2D eigenvalue weighted by Gasteiger charge is 2.10. The number of hydrogen-bond acceptors (Lipinski definition) is 4. The summed E-state index contributed by atoms with van der Waals surface area (Å²) < 4.78 is 5.57. The number of aryl methyl sites for hydroxylation is 1. The summed E-state index contributed by atoms with van der Waals surface area (Å²) in [6, 6.07) is 15.6. The van der Waals surface area contributed by atoms with Crippen LogP contribution in [0.2, 0.25) is 0 Å². The first-order valence-electron chi connectivity index (χ1n) is 8.73. The molecule has 2 aromatic rings. The third-order valence-corrected chi connectivity index (χ3v) is 4.25. The summed E-state index contributed by atoms with van der Waals surface area (Å²) in [6.45, 7) is 6.40. The Morgan fingerprint density at radius 2 is 1.76 bits per heavy atom. The van der Waals surface area contributed by atoms with Crippen molar-refractivity contribution >= 4 is 5.78 Å². The van der Waals surface area contributed by atoms with Gasteiger partial charge in [0.2, 0.25) is 0 Å². The first kappa shape index (κ1) is 19.2. The van der Waals surface area contributed by atoms with Gasteiger partial charge in [-0.2, -0.15) is 0 Å². The van der Waals surface area contributed by atoms with Crippen LogP contribution < -0.4 is 10.1 Å². The average molecular weight is 341 g/mol. The van der Waals surface area contributed by atoms with E-state index in [2.05, 4.69) is 43.4 Å². The fourth-order valence-corrected chi connectivity index (χ4v) is 2.51. The van der Waals surface area contributed by atoms with Crippen LogP contribution in [0.1, 0.15) is 48.3 Å². The van der Waals surface area contributed by atoms with Crippen LogP contribution in [0.3, 0.4) is 0 Å². The van der Waals surface area contributed by atoms with Crippen LogP contribution in [0.15, 0.2) is 48.5 Å². The van der Waals surface area contributed by atoms with Gasteiger partial charge in [0.25, 0.3) is 0 Å². The van der Waals surface area contributed by atoms with Gasteiger partial charge < -0.3 is 15.2 Å². The number of ether oxygens (including phenoxy) is 1. The van der Waals surface area contributed by atoms with Crippen molar-refractivity contribution < 1.29 is 14.6 Å². The van der Waals surface area contributed by atoms with Crippen LogP contribution >= 0.6 is 0 Å². The van der Waals surface area contributed by atoms with Crippen LogP contribution in [0, 0.1) is 0 Å². The fourth-order valence-electron chi connectivity index (χ4n) is 2.51. The molecule has 0 aromatic heterocycles. The monoisotopic (exact) mass is 341 g/mol. The lowest BCUT2D eigenvalue weighted by atomic mass is 10.0. The maximum absolute atomic E-state index is 11.2. The lowest BCUT2D eigenvalue weighted by Gasteiger charge is -2.18. The zero-order valence-corrected chi connectivity index (χ0v) is 15.2. The summed E-state index contributed by atoms with van der Waals surface area (Å²) in [5, 5.41) is 13.4. The predicted octanol–water partition coefficient (Wildman–Crippen LogP) is 3.54. The molecule has 25 heavy (non-hydrogen) atoms. The lowest BCUT2D eigenvalue weighted by Crippen LogP contribution is -2.33. The van der Waals surface area contributed by atoms with Gasteiger partial charge in [-0.05, 0) is 55.7 Å². The third-order valence-electron chi connectivity index (χ3n) is 4.25. The summed E-state index contributed by atoms with van der Waals surface area (Å²) in [4.78, 5) is 11.2. The van der Waals surface area contributed by atoms with Gasteiger partial charge in [-0.1, -0.05) is 31.2 Å². The molecule has 2 N–H and O–H groups in total. The number of Topliss-reactive ketones (excluding diaryl/α,β-unsaturated/α-hetero) is 1. The first-order chi connectivity index (χ1) is 12.0. The minimum Gasteiger partial charge on any atom is -0.491 e. The van der Waals surface area contributed by atoms with Gasteiger partial charge in [-0.15, -0.1) is 0 Å². The number of carbonyl (C=O) groups excluding carboxylic acids is 1. The zero-order valence-electron chi connectivity index (χ0n) is 15.2. The maximum Gasteiger partial charge on any atom is 0.159 e. The van der Waals surface area contributed by atoms with Crippen LogP contribution in [-0.4, -0.2) is 30.1 Å². The quantitative estimate of drug-likeness (QED) is 0.685. The first-order valence-corrected chi connectivity index (χ1v) is 8.73. The molecule has 0 heterocycles. The molecule has 0 bridgehead atoms. The molecule has 0 amide bonds. The Morgan fingerprint density at radius 1 is 1.12 bits per heavy atom. The van der Waals surface area contributed by atoms with E-state index in [1.165, 1.54) is 18.1 Å². The van der Waals surface area contributed by atoms with Crippen molar-refractivity contribution in [1.29, 1.82) is 0 Å². The maximum atomic E-state index is 11.2. The molecule has 2 atom stereocenters. The van der Waals surface area contributed by atoms with Gasteiger partial charge in [-0.25, -0.2) is 0 Å². The Balaban J connectivity index is 1.75. The second-order valence-corrected chi connectivity index (χ2v) is 6.27. The number of ketones is 1.